The van der Waals surface area contributed by atoms with Crippen LogP contribution in [0, 0.1) is 28.7 Å². The van der Waals surface area contributed by atoms with Gasteiger partial charge in [0.15, 0.2) is 0 Å². The van der Waals surface area contributed by atoms with Crippen molar-refractivity contribution in [1.82, 2.24) is 0 Å². The minimum atomic E-state index is -0.955. The smallest absolute Gasteiger partial charge is 0.282 e. The molecule has 108 valence electrons. The maximum Gasteiger partial charge on any atom is 0.282 e. The molecule has 5 nitrogen and oxygen atoms in total. The van der Waals surface area contributed by atoms with E-state index in [0.29, 0.717) is 5.56 Å². The van der Waals surface area contributed by atoms with Crippen molar-refractivity contribution in [1.29, 1.82) is 0 Å². The number of nitrogens with one attached hydrogen (secondary N) is 1. The Morgan fingerprint density at radius 1 is 1.19 bits per heavy atom. The van der Waals surface area contributed by atoms with E-state index in [1.807, 2.05) is 0 Å². The summed E-state index contributed by atoms with van der Waals surface area (Å²) in [6, 6.07) is 6.60. The standard InChI is InChI=1S/C14H10F2N2O3/c1-8-2-4-12(11(16)6-8)17-14(19)10-7-9(15)3-5-13(10)18(20)21/h2-7H,1H3,(H,17,19). The van der Waals surface area contributed by atoms with Crippen LogP contribution in [0.1, 0.15) is 15.9 Å². The van der Waals surface area contributed by atoms with Crippen molar-refractivity contribution in [3.63, 3.8) is 0 Å². The van der Waals surface area contributed by atoms with Gasteiger partial charge in [-0.05, 0) is 36.8 Å². The van der Waals surface area contributed by atoms with E-state index in [4.69, 9.17) is 0 Å². The number of nitrogens with zero attached hydrogens (tertiary/aromatic N) is 1. The van der Waals surface area contributed by atoms with Gasteiger partial charge in [0.25, 0.3) is 11.6 Å². The number of amides is 1. The van der Waals surface area contributed by atoms with E-state index in [1.54, 1.807) is 13.0 Å². The largest absolute Gasteiger partial charge is 0.319 e. The predicted octanol–water partition coefficient (Wildman–Crippen LogP) is 3.43. The molecule has 0 atom stereocenters. The lowest BCUT2D eigenvalue weighted by Crippen LogP contribution is -2.15. The fourth-order valence-corrected chi connectivity index (χ4v) is 1.76. The van der Waals surface area contributed by atoms with Crippen LogP contribution in [0.25, 0.3) is 0 Å². The molecule has 0 radical (unpaired) electrons. The Labute approximate surface area is 118 Å². The molecule has 0 fully saturated rings. The lowest BCUT2D eigenvalue weighted by Gasteiger charge is -2.07. The molecule has 21 heavy (non-hydrogen) atoms. The molecule has 0 aliphatic carbocycles. The van der Waals surface area contributed by atoms with Crippen LogP contribution in [0.5, 0.6) is 0 Å². The molecule has 0 bridgehead atoms. The van der Waals surface area contributed by atoms with Crippen molar-refractivity contribution < 1.29 is 18.5 Å². The average Bonchev–Trinajstić information content (AvgIpc) is 2.41. The van der Waals surface area contributed by atoms with Gasteiger partial charge >= 0.3 is 0 Å². The van der Waals surface area contributed by atoms with Gasteiger partial charge < -0.3 is 5.32 Å². The minimum Gasteiger partial charge on any atom is -0.319 e. The third-order valence-corrected chi connectivity index (χ3v) is 2.77. The summed E-state index contributed by atoms with van der Waals surface area (Å²) in [5.41, 5.74) is -0.507. The summed E-state index contributed by atoms with van der Waals surface area (Å²) < 4.78 is 26.8. The lowest BCUT2D eigenvalue weighted by atomic mass is 10.1. The first kappa shape index (κ1) is 14.6. The van der Waals surface area contributed by atoms with Gasteiger partial charge in [0, 0.05) is 6.07 Å². The summed E-state index contributed by atoms with van der Waals surface area (Å²) in [5, 5.41) is 13.0. The number of anilines is 1. The highest BCUT2D eigenvalue weighted by molar-refractivity contribution is 6.07. The number of carbonyl (C=O) groups excluding carboxylic acids is 1. The van der Waals surface area contributed by atoms with E-state index in [2.05, 4.69) is 5.32 Å². The Kier molecular flexibility index (Phi) is 3.93. The van der Waals surface area contributed by atoms with Gasteiger partial charge in [-0.15, -0.1) is 0 Å². The molecule has 0 aromatic heterocycles. The highest BCUT2D eigenvalue weighted by Crippen LogP contribution is 2.22. The van der Waals surface area contributed by atoms with E-state index < -0.39 is 33.7 Å². The van der Waals surface area contributed by atoms with Crippen molar-refractivity contribution >= 4 is 17.3 Å². The maximum atomic E-state index is 13.6. The number of nitro benzene ring substituents is 1. The van der Waals surface area contributed by atoms with Crippen LogP contribution in [0.15, 0.2) is 36.4 Å². The Balaban J connectivity index is 2.36. The third kappa shape index (κ3) is 3.19. The molecule has 0 unspecified atom stereocenters. The molecule has 2 rings (SSSR count). The molecule has 7 heteroatoms. The van der Waals surface area contributed by atoms with Gasteiger partial charge in [-0.1, -0.05) is 6.07 Å². The number of hydrogen-bond acceptors (Lipinski definition) is 3. The minimum absolute atomic E-state index is 0.135. The summed E-state index contributed by atoms with van der Waals surface area (Å²) >= 11 is 0. The Morgan fingerprint density at radius 2 is 1.90 bits per heavy atom. The Hall–Kier alpha value is -2.83. The molecule has 0 spiro atoms. The molecular weight excluding hydrogens is 282 g/mol. The van der Waals surface area contributed by atoms with E-state index in [1.165, 1.54) is 12.1 Å². The normalized spacial score (nSPS) is 10.2. The zero-order valence-electron chi connectivity index (χ0n) is 10.9. The third-order valence-electron chi connectivity index (χ3n) is 2.77. The molecule has 0 aliphatic heterocycles. The summed E-state index contributed by atoms with van der Waals surface area (Å²) in [7, 11) is 0. The lowest BCUT2D eigenvalue weighted by molar-refractivity contribution is -0.385. The van der Waals surface area contributed by atoms with Crippen molar-refractivity contribution in [2.24, 2.45) is 0 Å². The van der Waals surface area contributed by atoms with Crippen LogP contribution in [-0.2, 0) is 0 Å². The van der Waals surface area contributed by atoms with Crippen molar-refractivity contribution in [2.45, 2.75) is 6.92 Å². The molecule has 0 saturated carbocycles. The Morgan fingerprint density at radius 3 is 2.52 bits per heavy atom. The fraction of sp³-hybridized carbons (Fsp3) is 0.0714. The number of rotatable bonds is 3. The van der Waals surface area contributed by atoms with Crippen LogP contribution in [0.2, 0.25) is 0 Å². The second-order valence-corrected chi connectivity index (χ2v) is 4.36. The molecule has 0 heterocycles. The predicted molar refractivity (Wildman–Crippen MR) is 72.1 cm³/mol. The van der Waals surface area contributed by atoms with Crippen molar-refractivity contribution in [2.75, 3.05) is 5.32 Å². The molecule has 0 saturated heterocycles. The number of carbonyl (C=O) groups is 1. The van der Waals surface area contributed by atoms with E-state index in [-0.39, 0.29) is 5.69 Å². The number of hydrogen-bond donors (Lipinski definition) is 1. The first-order chi connectivity index (χ1) is 9.88. The first-order valence-corrected chi connectivity index (χ1v) is 5.90. The van der Waals surface area contributed by atoms with Gasteiger partial charge in [0.2, 0.25) is 0 Å². The zero-order valence-corrected chi connectivity index (χ0v) is 10.9. The van der Waals surface area contributed by atoms with E-state index in [0.717, 1.165) is 18.2 Å². The zero-order chi connectivity index (χ0) is 15.6. The van der Waals surface area contributed by atoms with E-state index in [9.17, 15) is 23.7 Å². The van der Waals surface area contributed by atoms with Crippen molar-refractivity contribution in [3.8, 4) is 0 Å². The monoisotopic (exact) mass is 292 g/mol. The number of aryl methyl sites for hydroxylation is 1. The van der Waals surface area contributed by atoms with Crippen molar-refractivity contribution in [3.05, 3.63) is 69.3 Å². The molecule has 1 amide bonds. The molecule has 2 aromatic carbocycles. The SMILES string of the molecule is Cc1ccc(NC(=O)c2cc(F)ccc2[N+](=O)[O-])c(F)c1. The van der Waals surface area contributed by atoms with Gasteiger partial charge in [0.1, 0.15) is 17.2 Å². The van der Waals surface area contributed by atoms with Gasteiger partial charge in [0.05, 0.1) is 10.6 Å². The summed E-state index contributed by atoms with van der Waals surface area (Å²) in [6.45, 7) is 1.67. The van der Waals surface area contributed by atoms with Gasteiger partial charge in [-0.3, -0.25) is 14.9 Å². The molecule has 2 aromatic rings. The number of nitro groups is 1. The van der Waals surface area contributed by atoms with Crippen LogP contribution in [-0.4, -0.2) is 10.8 Å². The number of halogens is 2. The first-order valence-electron chi connectivity index (χ1n) is 5.90. The molecule has 1 N–H and O–H groups in total. The second-order valence-electron chi connectivity index (χ2n) is 4.36. The molecule has 0 aliphatic rings. The number of benzene rings is 2. The van der Waals surface area contributed by atoms with Crippen LogP contribution in [0.3, 0.4) is 0 Å². The summed E-state index contributed by atoms with van der Waals surface area (Å²) in [4.78, 5) is 22.0. The maximum absolute atomic E-state index is 13.6. The highest BCUT2D eigenvalue weighted by atomic mass is 19.1. The summed E-state index contributed by atoms with van der Waals surface area (Å²) in [6.07, 6.45) is 0. The quantitative estimate of drug-likeness (QED) is 0.695. The van der Waals surface area contributed by atoms with Gasteiger partial charge in [-0.25, -0.2) is 8.78 Å². The van der Waals surface area contributed by atoms with Crippen LogP contribution >= 0.6 is 0 Å². The molecular formula is C14H10F2N2O3. The van der Waals surface area contributed by atoms with Crippen LogP contribution in [0.4, 0.5) is 20.2 Å². The van der Waals surface area contributed by atoms with E-state index >= 15 is 0 Å². The summed E-state index contributed by atoms with van der Waals surface area (Å²) in [5.74, 6) is -2.43. The topological polar surface area (TPSA) is 72.2 Å². The second kappa shape index (κ2) is 5.66. The van der Waals surface area contributed by atoms with Gasteiger partial charge in [-0.2, -0.15) is 0 Å². The fourth-order valence-electron chi connectivity index (χ4n) is 1.76. The average molecular weight is 292 g/mol. The Bertz CT molecular complexity index is 732. The van der Waals surface area contributed by atoms with Crippen LogP contribution < -0.4 is 5.32 Å². The highest BCUT2D eigenvalue weighted by Gasteiger charge is 2.21.